The summed E-state index contributed by atoms with van der Waals surface area (Å²) in [5.41, 5.74) is -0.605. The van der Waals surface area contributed by atoms with Crippen molar-refractivity contribution in [1.82, 2.24) is 4.90 Å². The lowest BCUT2D eigenvalue weighted by atomic mass is 9.97. The zero-order valence-corrected chi connectivity index (χ0v) is 14.0. The predicted molar refractivity (Wildman–Crippen MR) is 79.4 cm³/mol. The van der Waals surface area contributed by atoms with E-state index < -0.39 is 23.6 Å². The molecule has 1 rings (SSSR count). The zero-order valence-electron chi connectivity index (χ0n) is 13.2. The molecule has 1 heterocycles. The van der Waals surface area contributed by atoms with Crippen molar-refractivity contribution in [2.45, 2.75) is 52.7 Å². The third kappa shape index (κ3) is 6.33. The average molecular weight is 322 g/mol. The molecule has 0 radical (unpaired) electrons. The van der Waals surface area contributed by atoms with Gasteiger partial charge in [-0.1, -0.05) is 0 Å². The molecule has 0 bridgehead atoms. The molecule has 122 valence electrons. The summed E-state index contributed by atoms with van der Waals surface area (Å²) >= 11 is 0. The standard InChI is InChI=1S/C14H23NO5.ClH/c1-9(2)19-12(17)10-8-15(7-6-11(10)16)13(18)20-14(3,4)5;/h9-10H,6-8H2,1-5H3;1H. The molecule has 0 saturated carbocycles. The molecule has 0 aromatic heterocycles. The molecule has 0 aromatic carbocycles. The highest BCUT2D eigenvalue weighted by molar-refractivity contribution is 6.00. The Morgan fingerprint density at radius 3 is 2.33 bits per heavy atom. The van der Waals surface area contributed by atoms with Crippen LogP contribution in [0.5, 0.6) is 0 Å². The molecular weight excluding hydrogens is 298 g/mol. The smallest absolute Gasteiger partial charge is 0.410 e. The molecule has 1 fully saturated rings. The largest absolute Gasteiger partial charge is 0.462 e. The molecule has 0 aromatic rings. The minimum atomic E-state index is -0.904. The van der Waals surface area contributed by atoms with Crippen LogP contribution in [0.15, 0.2) is 0 Å². The maximum Gasteiger partial charge on any atom is 0.410 e. The van der Waals surface area contributed by atoms with Crippen molar-refractivity contribution in [3.8, 4) is 0 Å². The van der Waals surface area contributed by atoms with Crippen LogP contribution in [0.3, 0.4) is 0 Å². The predicted octanol–water partition coefficient (Wildman–Crippen LogP) is 2.19. The number of hydrogen-bond acceptors (Lipinski definition) is 5. The topological polar surface area (TPSA) is 72.9 Å². The molecule has 1 aliphatic rings. The van der Waals surface area contributed by atoms with Crippen LogP contribution in [0.2, 0.25) is 0 Å². The highest BCUT2D eigenvalue weighted by Crippen LogP contribution is 2.18. The molecule has 0 spiro atoms. The lowest BCUT2D eigenvalue weighted by Crippen LogP contribution is -2.49. The molecule has 0 N–H and O–H groups in total. The van der Waals surface area contributed by atoms with Gasteiger partial charge in [-0.25, -0.2) is 4.79 Å². The first kappa shape index (κ1) is 19.7. The number of carbonyl (C=O) groups is 3. The fourth-order valence-electron chi connectivity index (χ4n) is 1.85. The Kier molecular flexibility index (Phi) is 7.16. The Morgan fingerprint density at radius 2 is 1.86 bits per heavy atom. The van der Waals surface area contributed by atoms with Gasteiger partial charge in [-0.15, -0.1) is 12.4 Å². The molecule has 1 saturated heterocycles. The number of nitrogens with zero attached hydrogens (tertiary/aromatic N) is 1. The van der Waals surface area contributed by atoms with Gasteiger partial charge in [0.1, 0.15) is 11.5 Å². The summed E-state index contributed by atoms with van der Waals surface area (Å²) in [6.07, 6.45) is -0.642. The molecule has 6 nitrogen and oxygen atoms in total. The second-order valence-electron chi connectivity index (χ2n) is 6.18. The minimum Gasteiger partial charge on any atom is -0.462 e. The van der Waals surface area contributed by atoms with Crippen molar-refractivity contribution in [2.24, 2.45) is 5.92 Å². The lowest BCUT2D eigenvalue weighted by Gasteiger charge is -2.32. The van der Waals surface area contributed by atoms with E-state index in [1.807, 2.05) is 0 Å². The third-order valence-electron chi connectivity index (χ3n) is 2.71. The van der Waals surface area contributed by atoms with Crippen LogP contribution < -0.4 is 0 Å². The van der Waals surface area contributed by atoms with Gasteiger partial charge in [0, 0.05) is 19.5 Å². The maximum absolute atomic E-state index is 12.0. The molecule has 1 aliphatic heterocycles. The normalized spacial score (nSPS) is 19.0. The number of carbonyl (C=O) groups excluding carboxylic acids is 3. The summed E-state index contributed by atoms with van der Waals surface area (Å²) in [6, 6.07) is 0. The highest BCUT2D eigenvalue weighted by Gasteiger charge is 2.37. The van der Waals surface area contributed by atoms with Crippen LogP contribution in [0, 0.1) is 5.92 Å². The number of ether oxygens (including phenoxy) is 2. The van der Waals surface area contributed by atoms with E-state index in [0.717, 1.165) is 0 Å². The molecule has 7 heteroatoms. The maximum atomic E-state index is 12.0. The van der Waals surface area contributed by atoms with Gasteiger partial charge in [0.15, 0.2) is 5.78 Å². The van der Waals surface area contributed by atoms with Crippen molar-refractivity contribution >= 4 is 30.3 Å². The molecule has 1 amide bonds. The SMILES string of the molecule is CC(C)OC(=O)C1CN(C(=O)OC(C)(C)C)CCC1=O.Cl. The van der Waals surface area contributed by atoms with E-state index in [1.54, 1.807) is 34.6 Å². The fraction of sp³-hybridized carbons (Fsp3) is 0.786. The van der Waals surface area contributed by atoms with E-state index in [-0.39, 0.29) is 43.8 Å². The quantitative estimate of drug-likeness (QED) is 0.576. The molecule has 1 unspecified atom stereocenters. The van der Waals surface area contributed by atoms with Gasteiger partial charge in [-0.3, -0.25) is 9.59 Å². The summed E-state index contributed by atoms with van der Waals surface area (Å²) in [5.74, 6) is -1.66. The van der Waals surface area contributed by atoms with E-state index in [0.29, 0.717) is 0 Å². The van der Waals surface area contributed by atoms with Crippen LogP contribution in [0.4, 0.5) is 4.79 Å². The summed E-state index contributed by atoms with van der Waals surface area (Å²) in [6.45, 7) is 9.05. The van der Waals surface area contributed by atoms with E-state index in [4.69, 9.17) is 9.47 Å². The van der Waals surface area contributed by atoms with Crippen LogP contribution in [0.1, 0.15) is 41.0 Å². The van der Waals surface area contributed by atoms with Crippen LogP contribution in [0.25, 0.3) is 0 Å². The monoisotopic (exact) mass is 321 g/mol. The Balaban J connectivity index is 0.00000400. The number of amides is 1. The first-order chi connectivity index (χ1) is 9.10. The number of rotatable bonds is 2. The number of ketones is 1. The number of esters is 1. The Labute approximate surface area is 131 Å². The highest BCUT2D eigenvalue weighted by atomic mass is 35.5. The summed E-state index contributed by atoms with van der Waals surface area (Å²) < 4.78 is 10.3. The second kappa shape index (κ2) is 7.64. The molecular formula is C14H24ClNO5. The molecule has 0 aliphatic carbocycles. The van der Waals surface area contributed by atoms with Gasteiger partial charge in [0.05, 0.1) is 6.10 Å². The molecule has 21 heavy (non-hydrogen) atoms. The van der Waals surface area contributed by atoms with Crippen molar-refractivity contribution in [3.63, 3.8) is 0 Å². The Morgan fingerprint density at radius 1 is 1.29 bits per heavy atom. The Bertz CT molecular complexity index is 403. The molecule has 1 atom stereocenters. The fourth-order valence-corrected chi connectivity index (χ4v) is 1.85. The lowest BCUT2D eigenvalue weighted by molar-refractivity contribution is -0.157. The number of likely N-dealkylation sites (tertiary alicyclic amines) is 1. The van der Waals surface area contributed by atoms with E-state index in [9.17, 15) is 14.4 Å². The van der Waals surface area contributed by atoms with Crippen molar-refractivity contribution < 1.29 is 23.9 Å². The van der Waals surface area contributed by atoms with E-state index in [2.05, 4.69) is 0 Å². The van der Waals surface area contributed by atoms with Gasteiger partial charge in [-0.05, 0) is 34.6 Å². The Hall–Kier alpha value is -1.30. The number of Topliss-reactive ketones (excluding diaryl/α,β-unsaturated/α-hetero) is 1. The van der Waals surface area contributed by atoms with Gasteiger partial charge in [0.25, 0.3) is 0 Å². The van der Waals surface area contributed by atoms with Gasteiger partial charge >= 0.3 is 12.1 Å². The number of hydrogen-bond donors (Lipinski definition) is 0. The second-order valence-corrected chi connectivity index (χ2v) is 6.18. The van der Waals surface area contributed by atoms with Crippen LogP contribution >= 0.6 is 12.4 Å². The summed E-state index contributed by atoms with van der Waals surface area (Å²) in [7, 11) is 0. The van der Waals surface area contributed by atoms with E-state index in [1.165, 1.54) is 4.90 Å². The van der Waals surface area contributed by atoms with Crippen LogP contribution in [-0.2, 0) is 19.1 Å². The third-order valence-corrected chi connectivity index (χ3v) is 2.71. The summed E-state index contributed by atoms with van der Waals surface area (Å²) in [5, 5.41) is 0. The van der Waals surface area contributed by atoms with Crippen LogP contribution in [-0.4, -0.2) is 47.5 Å². The minimum absolute atomic E-state index is 0. The number of halogens is 1. The number of piperidine rings is 1. The van der Waals surface area contributed by atoms with Crippen molar-refractivity contribution in [2.75, 3.05) is 13.1 Å². The first-order valence-corrected chi connectivity index (χ1v) is 6.81. The van der Waals surface area contributed by atoms with E-state index >= 15 is 0 Å². The van der Waals surface area contributed by atoms with Gasteiger partial charge in [-0.2, -0.15) is 0 Å². The average Bonchev–Trinajstić information content (AvgIpc) is 2.25. The summed E-state index contributed by atoms with van der Waals surface area (Å²) in [4.78, 5) is 37.0. The van der Waals surface area contributed by atoms with Crippen molar-refractivity contribution in [1.29, 1.82) is 0 Å². The van der Waals surface area contributed by atoms with Gasteiger partial charge in [0.2, 0.25) is 0 Å². The van der Waals surface area contributed by atoms with Crippen molar-refractivity contribution in [3.05, 3.63) is 0 Å². The van der Waals surface area contributed by atoms with Gasteiger partial charge < -0.3 is 14.4 Å². The first-order valence-electron chi connectivity index (χ1n) is 6.81. The zero-order chi connectivity index (χ0) is 15.5.